The van der Waals surface area contributed by atoms with Crippen LogP contribution in [0.1, 0.15) is 39.1 Å². The van der Waals surface area contributed by atoms with Crippen LogP contribution in [0.2, 0.25) is 0 Å². The summed E-state index contributed by atoms with van der Waals surface area (Å²) in [5.41, 5.74) is 2.82. The Hall–Kier alpha value is -3.15. The molecule has 1 aliphatic carbocycles. The van der Waals surface area contributed by atoms with Crippen molar-refractivity contribution in [3.05, 3.63) is 65.2 Å². The highest BCUT2D eigenvalue weighted by Gasteiger charge is 2.29. The molecule has 140 valence electrons. The van der Waals surface area contributed by atoms with E-state index in [0.29, 0.717) is 29.9 Å². The second-order valence-corrected chi connectivity index (χ2v) is 6.72. The van der Waals surface area contributed by atoms with E-state index in [4.69, 9.17) is 0 Å². The summed E-state index contributed by atoms with van der Waals surface area (Å²) >= 11 is 0. The van der Waals surface area contributed by atoms with E-state index < -0.39 is 0 Å². The summed E-state index contributed by atoms with van der Waals surface area (Å²) in [4.78, 5) is 35.9. The Balaban J connectivity index is 1.41. The summed E-state index contributed by atoms with van der Waals surface area (Å²) < 4.78 is 0. The minimum atomic E-state index is -0.222. The van der Waals surface area contributed by atoms with Gasteiger partial charge in [0.15, 0.2) is 0 Å². The van der Waals surface area contributed by atoms with Gasteiger partial charge < -0.3 is 16.0 Å². The van der Waals surface area contributed by atoms with Crippen LogP contribution in [-0.4, -0.2) is 30.8 Å². The monoisotopic (exact) mass is 365 g/mol. The smallest absolute Gasteiger partial charge is 0.251 e. The number of nitrogens with one attached hydrogen (secondary N) is 3. The normalized spacial score (nSPS) is 12.9. The topological polar surface area (TPSA) is 87.3 Å². The lowest BCUT2D eigenvalue weighted by molar-refractivity contribution is -0.117. The molecule has 6 heteroatoms. The van der Waals surface area contributed by atoms with Gasteiger partial charge in [-0.1, -0.05) is 17.7 Å². The molecule has 3 amide bonds. The van der Waals surface area contributed by atoms with E-state index in [1.165, 1.54) is 0 Å². The van der Waals surface area contributed by atoms with Crippen molar-refractivity contribution in [3.63, 3.8) is 0 Å². The van der Waals surface area contributed by atoms with E-state index in [1.54, 1.807) is 30.3 Å². The first kappa shape index (κ1) is 18.6. The van der Waals surface area contributed by atoms with Crippen LogP contribution < -0.4 is 16.0 Å². The fraction of sp³-hybridized carbons (Fsp3) is 0.286. The number of anilines is 1. The van der Waals surface area contributed by atoms with Gasteiger partial charge >= 0.3 is 0 Å². The molecule has 6 nitrogen and oxygen atoms in total. The average molecular weight is 365 g/mol. The number of hydrogen-bond acceptors (Lipinski definition) is 3. The van der Waals surface area contributed by atoms with E-state index in [1.807, 2.05) is 25.1 Å². The molecule has 0 spiro atoms. The van der Waals surface area contributed by atoms with Gasteiger partial charge in [-0.05, 0) is 56.2 Å². The molecule has 3 rings (SSSR count). The first-order valence-electron chi connectivity index (χ1n) is 9.07. The van der Waals surface area contributed by atoms with E-state index in [0.717, 1.165) is 18.4 Å². The number of hydrogen-bond donors (Lipinski definition) is 3. The SMILES string of the molecule is Cc1cccc(C(=O)NCCNC(=O)c2ccc(NC(=O)C3CC3)cc2)c1. The summed E-state index contributed by atoms with van der Waals surface area (Å²) in [5, 5.41) is 8.38. The molecule has 0 saturated heterocycles. The number of aryl methyl sites for hydroxylation is 1. The summed E-state index contributed by atoms with van der Waals surface area (Å²) in [6.07, 6.45) is 1.90. The van der Waals surface area contributed by atoms with E-state index in [-0.39, 0.29) is 23.6 Å². The molecule has 0 aliphatic heterocycles. The molecule has 0 heterocycles. The van der Waals surface area contributed by atoms with Gasteiger partial charge in [0, 0.05) is 35.8 Å². The minimum Gasteiger partial charge on any atom is -0.350 e. The Morgan fingerprint density at radius 1 is 0.889 bits per heavy atom. The van der Waals surface area contributed by atoms with Crippen LogP contribution in [0.3, 0.4) is 0 Å². The van der Waals surface area contributed by atoms with Crippen molar-refractivity contribution in [1.29, 1.82) is 0 Å². The molecule has 0 aromatic heterocycles. The molecular formula is C21H23N3O3. The largest absolute Gasteiger partial charge is 0.350 e. The van der Waals surface area contributed by atoms with Crippen LogP contribution >= 0.6 is 0 Å². The number of carbonyl (C=O) groups excluding carboxylic acids is 3. The molecule has 0 atom stereocenters. The van der Waals surface area contributed by atoms with Crippen LogP contribution in [0.5, 0.6) is 0 Å². The maximum absolute atomic E-state index is 12.1. The Bertz CT molecular complexity index is 842. The van der Waals surface area contributed by atoms with E-state index in [9.17, 15) is 14.4 Å². The summed E-state index contributed by atoms with van der Waals surface area (Å²) in [7, 11) is 0. The summed E-state index contributed by atoms with van der Waals surface area (Å²) in [5.74, 6) is -0.205. The van der Waals surface area contributed by atoms with Crippen LogP contribution in [-0.2, 0) is 4.79 Å². The molecule has 27 heavy (non-hydrogen) atoms. The minimum absolute atomic E-state index is 0.0385. The number of rotatable bonds is 7. The highest BCUT2D eigenvalue weighted by molar-refractivity contribution is 5.97. The van der Waals surface area contributed by atoms with Crippen molar-refractivity contribution < 1.29 is 14.4 Å². The zero-order chi connectivity index (χ0) is 19.2. The highest BCUT2D eigenvalue weighted by atomic mass is 16.2. The molecule has 0 unspecified atom stereocenters. The third kappa shape index (κ3) is 5.41. The van der Waals surface area contributed by atoms with Crippen LogP contribution in [0.4, 0.5) is 5.69 Å². The van der Waals surface area contributed by atoms with E-state index in [2.05, 4.69) is 16.0 Å². The van der Waals surface area contributed by atoms with Crippen LogP contribution in [0, 0.1) is 12.8 Å². The lowest BCUT2D eigenvalue weighted by Crippen LogP contribution is -2.34. The zero-order valence-corrected chi connectivity index (χ0v) is 15.2. The first-order valence-corrected chi connectivity index (χ1v) is 9.07. The van der Waals surface area contributed by atoms with Gasteiger partial charge in [0.05, 0.1) is 0 Å². The van der Waals surface area contributed by atoms with Gasteiger partial charge in [0.2, 0.25) is 5.91 Å². The Morgan fingerprint density at radius 2 is 1.52 bits per heavy atom. The lowest BCUT2D eigenvalue weighted by atomic mass is 10.1. The number of amides is 3. The zero-order valence-electron chi connectivity index (χ0n) is 15.2. The third-order valence-electron chi connectivity index (χ3n) is 4.34. The number of benzene rings is 2. The second-order valence-electron chi connectivity index (χ2n) is 6.72. The molecule has 1 saturated carbocycles. The van der Waals surface area contributed by atoms with Gasteiger partial charge in [-0.3, -0.25) is 14.4 Å². The third-order valence-corrected chi connectivity index (χ3v) is 4.34. The fourth-order valence-electron chi connectivity index (χ4n) is 2.64. The maximum atomic E-state index is 12.1. The fourth-order valence-corrected chi connectivity index (χ4v) is 2.64. The predicted octanol–water partition coefficient (Wildman–Crippen LogP) is 2.50. The molecule has 2 aromatic rings. The Labute approximate surface area is 158 Å². The highest BCUT2D eigenvalue weighted by Crippen LogP contribution is 2.30. The summed E-state index contributed by atoms with van der Waals surface area (Å²) in [6.45, 7) is 2.60. The Morgan fingerprint density at radius 3 is 2.11 bits per heavy atom. The van der Waals surface area contributed by atoms with Crippen molar-refractivity contribution in [3.8, 4) is 0 Å². The van der Waals surface area contributed by atoms with Gasteiger partial charge in [-0.25, -0.2) is 0 Å². The molecule has 0 radical (unpaired) electrons. The van der Waals surface area contributed by atoms with Crippen molar-refractivity contribution >= 4 is 23.4 Å². The lowest BCUT2D eigenvalue weighted by Gasteiger charge is -2.09. The number of carbonyl (C=O) groups is 3. The molecule has 3 N–H and O–H groups in total. The Kier molecular flexibility index (Phi) is 5.86. The van der Waals surface area contributed by atoms with Crippen molar-refractivity contribution in [2.45, 2.75) is 19.8 Å². The maximum Gasteiger partial charge on any atom is 0.251 e. The average Bonchev–Trinajstić information content (AvgIpc) is 3.51. The first-order chi connectivity index (χ1) is 13.0. The molecule has 2 aromatic carbocycles. The van der Waals surface area contributed by atoms with Crippen LogP contribution in [0.15, 0.2) is 48.5 Å². The van der Waals surface area contributed by atoms with Gasteiger partial charge in [-0.2, -0.15) is 0 Å². The van der Waals surface area contributed by atoms with Crippen molar-refractivity contribution in [2.24, 2.45) is 5.92 Å². The standard InChI is InChI=1S/C21H23N3O3/c1-14-3-2-4-17(13-14)20(26)23-12-11-22-19(25)15-7-9-18(10-8-15)24-21(27)16-5-6-16/h2-4,7-10,13,16H,5-6,11-12H2,1H3,(H,22,25)(H,23,26)(H,24,27). The van der Waals surface area contributed by atoms with E-state index >= 15 is 0 Å². The van der Waals surface area contributed by atoms with Gasteiger partial charge in [0.25, 0.3) is 11.8 Å². The molecule has 0 bridgehead atoms. The quantitative estimate of drug-likeness (QED) is 0.659. The van der Waals surface area contributed by atoms with Gasteiger partial charge in [0.1, 0.15) is 0 Å². The van der Waals surface area contributed by atoms with Gasteiger partial charge in [-0.15, -0.1) is 0 Å². The molecule has 1 fully saturated rings. The second kappa shape index (κ2) is 8.49. The summed E-state index contributed by atoms with van der Waals surface area (Å²) in [6, 6.07) is 14.1. The van der Waals surface area contributed by atoms with Crippen LogP contribution in [0.25, 0.3) is 0 Å². The van der Waals surface area contributed by atoms with Crippen molar-refractivity contribution in [2.75, 3.05) is 18.4 Å². The molecule has 1 aliphatic rings. The molecular weight excluding hydrogens is 342 g/mol. The van der Waals surface area contributed by atoms with Crippen molar-refractivity contribution in [1.82, 2.24) is 10.6 Å². The predicted molar refractivity (Wildman–Crippen MR) is 104 cm³/mol.